The highest BCUT2D eigenvalue weighted by Gasteiger charge is 2.37. The number of anilines is 1. The summed E-state index contributed by atoms with van der Waals surface area (Å²) in [6, 6.07) is 5.61. The average molecular weight is 419 g/mol. The van der Waals surface area contributed by atoms with Crippen molar-refractivity contribution in [1.82, 2.24) is 14.8 Å². The number of amides is 1. The molecule has 2 N–H and O–H groups in total. The molecule has 1 radical (unpaired) electrons. The van der Waals surface area contributed by atoms with E-state index >= 15 is 0 Å². The summed E-state index contributed by atoms with van der Waals surface area (Å²) in [5.41, 5.74) is -0.180. The van der Waals surface area contributed by atoms with Gasteiger partial charge in [0.1, 0.15) is 0 Å². The summed E-state index contributed by atoms with van der Waals surface area (Å²) in [6.45, 7) is 0. The van der Waals surface area contributed by atoms with Gasteiger partial charge in [-0.15, -0.1) is 0 Å². The lowest BCUT2D eigenvalue weighted by Crippen LogP contribution is -2.48. The Kier molecular flexibility index (Phi) is 6.97. The van der Waals surface area contributed by atoms with Crippen molar-refractivity contribution in [3.8, 4) is 11.3 Å². The van der Waals surface area contributed by atoms with E-state index in [0.717, 1.165) is 38.4 Å². The molecule has 1 fully saturated rings. The van der Waals surface area contributed by atoms with Gasteiger partial charge >= 0.3 is 6.18 Å². The zero-order chi connectivity index (χ0) is 21.7. The lowest BCUT2D eigenvalue weighted by Gasteiger charge is -2.29. The molecule has 2 aromatic rings. The third-order valence-corrected chi connectivity index (χ3v) is 5.38. The van der Waals surface area contributed by atoms with Crippen LogP contribution in [-0.2, 0) is 22.8 Å². The second kappa shape index (κ2) is 9.46. The predicted molar refractivity (Wildman–Crippen MR) is 108 cm³/mol. The van der Waals surface area contributed by atoms with Crippen LogP contribution in [0.3, 0.4) is 0 Å². The SMILES string of the molecule is Cn1cnc(C(F)(F)F)c1-c1ccc(NC(=O)[C@@H](N[B]C=O)C2CCCCC2)cc1. The van der Waals surface area contributed by atoms with Crippen LogP contribution in [0.5, 0.6) is 0 Å². The molecule has 1 aliphatic carbocycles. The molecule has 1 aliphatic rings. The molecule has 6 nitrogen and oxygen atoms in total. The first-order chi connectivity index (χ1) is 14.3. The highest BCUT2D eigenvalue weighted by Crippen LogP contribution is 2.36. The molecule has 0 spiro atoms. The van der Waals surface area contributed by atoms with Gasteiger partial charge in [-0.2, -0.15) is 13.2 Å². The van der Waals surface area contributed by atoms with E-state index in [9.17, 15) is 22.8 Å². The Bertz CT molecular complexity index is 877. The molecule has 10 heteroatoms. The van der Waals surface area contributed by atoms with E-state index in [4.69, 9.17) is 0 Å². The monoisotopic (exact) mass is 419 g/mol. The number of imidazole rings is 1. The van der Waals surface area contributed by atoms with Gasteiger partial charge in [-0.25, -0.2) is 4.98 Å². The Balaban J connectivity index is 1.75. The fourth-order valence-electron chi connectivity index (χ4n) is 3.95. The maximum absolute atomic E-state index is 13.2. The van der Waals surface area contributed by atoms with Gasteiger partial charge in [-0.3, -0.25) is 4.79 Å². The zero-order valence-electron chi connectivity index (χ0n) is 16.6. The zero-order valence-corrected chi connectivity index (χ0v) is 16.6. The van der Waals surface area contributed by atoms with Crippen molar-refractivity contribution in [2.24, 2.45) is 13.0 Å². The molecule has 159 valence electrons. The summed E-state index contributed by atoms with van der Waals surface area (Å²) in [4.78, 5) is 27.0. The molecular formula is C20H23BF3N4O2. The molecule has 0 bridgehead atoms. The quantitative estimate of drug-likeness (QED) is 0.533. The third-order valence-electron chi connectivity index (χ3n) is 5.38. The second-order valence-electron chi connectivity index (χ2n) is 7.46. The summed E-state index contributed by atoms with van der Waals surface area (Å²) in [5.74, 6) is -0.151. The number of hydrogen-bond donors (Lipinski definition) is 2. The molecule has 1 atom stereocenters. The molecule has 0 unspecified atom stereocenters. The smallest absolute Gasteiger partial charge is 0.343 e. The van der Waals surface area contributed by atoms with Gasteiger partial charge in [0.25, 0.3) is 7.41 Å². The lowest BCUT2D eigenvalue weighted by atomic mass is 9.81. The van der Waals surface area contributed by atoms with Gasteiger partial charge in [0.15, 0.2) is 5.69 Å². The maximum Gasteiger partial charge on any atom is 0.435 e. The van der Waals surface area contributed by atoms with Gasteiger partial charge in [-0.1, -0.05) is 31.4 Å². The molecule has 3 rings (SSSR count). The second-order valence-corrected chi connectivity index (χ2v) is 7.46. The van der Waals surface area contributed by atoms with Crippen molar-refractivity contribution in [2.75, 3.05) is 5.32 Å². The van der Waals surface area contributed by atoms with E-state index in [2.05, 4.69) is 15.5 Å². The normalized spacial score (nSPS) is 16.1. The Morgan fingerprint density at radius 2 is 1.90 bits per heavy atom. The highest BCUT2D eigenvalue weighted by atomic mass is 19.4. The van der Waals surface area contributed by atoms with E-state index in [1.807, 2.05) is 0 Å². The molecule has 1 heterocycles. The Morgan fingerprint density at radius 1 is 1.23 bits per heavy atom. The number of aromatic nitrogens is 2. The molecule has 1 amide bonds. The molecular weight excluding hydrogens is 396 g/mol. The molecule has 0 aliphatic heterocycles. The van der Waals surface area contributed by atoms with Crippen LogP contribution in [0, 0.1) is 5.92 Å². The van der Waals surface area contributed by atoms with Crippen molar-refractivity contribution >= 4 is 25.2 Å². The van der Waals surface area contributed by atoms with Crippen LogP contribution in [0.4, 0.5) is 18.9 Å². The van der Waals surface area contributed by atoms with Crippen LogP contribution in [0.2, 0.25) is 0 Å². The van der Waals surface area contributed by atoms with E-state index in [1.54, 1.807) is 12.1 Å². The van der Waals surface area contributed by atoms with E-state index in [-0.39, 0.29) is 17.5 Å². The number of hydrogen-bond acceptors (Lipinski definition) is 4. The van der Waals surface area contributed by atoms with Crippen LogP contribution in [0.15, 0.2) is 30.6 Å². The topological polar surface area (TPSA) is 76.0 Å². The van der Waals surface area contributed by atoms with Crippen LogP contribution in [-0.4, -0.2) is 35.1 Å². The van der Waals surface area contributed by atoms with Gasteiger partial charge in [-0.05, 0) is 30.9 Å². The number of carbonyl (C=O) groups excluding carboxylic acids is 2. The van der Waals surface area contributed by atoms with Crippen LogP contribution in [0.25, 0.3) is 11.3 Å². The number of benzene rings is 1. The molecule has 0 saturated heterocycles. The number of aryl methyl sites for hydroxylation is 1. The number of nitrogens with zero attached hydrogens (tertiary/aromatic N) is 2. The Hall–Kier alpha value is -2.62. The summed E-state index contributed by atoms with van der Waals surface area (Å²) in [7, 11) is 2.72. The van der Waals surface area contributed by atoms with Gasteiger partial charge in [0, 0.05) is 18.3 Å². The summed E-state index contributed by atoms with van der Waals surface area (Å²) < 4.78 is 40.9. The fourth-order valence-corrected chi connectivity index (χ4v) is 3.95. The maximum atomic E-state index is 13.2. The summed E-state index contributed by atoms with van der Waals surface area (Å²) in [5, 5.41) is 5.68. The summed E-state index contributed by atoms with van der Waals surface area (Å²) in [6.07, 6.45) is 2.18. The minimum Gasteiger partial charge on any atom is -0.343 e. The predicted octanol–water partition coefficient (Wildman–Crippen LogP) is 3.39. The van der Waals surface area contributed by atoms with Crippen molar-refractivity contribution < 1.29 is 22.8 Å². The van der Waals surface area contributed by atoms with Crippen molar-refractivity contribution in [3.05, 3.63) is 36.3 Å². The van der Waals surface area contributed by atoms with Gasteiger partial charge in [0.2, 0.25) is 5.91 Å². The van der Waals surface area contributed by atoms with E-state index in [0.29, 0.717) is 17.4 Å². The summed E-state index contributed by atoms with van der Waals surface area (Å²) >= 11 is 0. The van der Waals surface area contributed by atoms with Crippen molar-refractivity contribution in [1.29, 1.82) is 0 Å². The van der Waals surface area contributed by atoms with E-state index < -0.39 is 17.9 Å². The fraction of sp³-hybridized carbons (Fsp3) is 0.450. The highest BCUT2D eigenvalue weighted by molar-refractivity contribution is 6.64. The van der Waals surface area contributed by atoms with Gasteiger partial charge < -0.3 is 19.9 Å². The van der Waals surface area contributed by atoms with Crippen molar-refractivity contribution in [2.45, 2.75) is 44.3 Å². The first kappa shape index (κ1) is 22.1. The minimum atomic E-state index is -4.56. The number of carbonyl (C=O) groups is 2. The van der Waals surface area contributed by atoms with Crippen LogP contribution >= 0.6 is 0 Å². The van der Waals surface area contributed by atoms with Crippen LogP contribution < -0.4 is 10.5 Å². The molecule has 30 heavy (non-hydrogen) atoms. The molecule has 1 saturated carbocycles. The minimum absolute atomic E-state index is 0.0392. The van der Waals surface area contributed by atoms with Crippen LogP contribution in [0.1, 0.15) is 37.8 Å². The molecule has 1 aromatic carbocycles. The van der Waals surface area contributed by atoms with E-state index in [1.165, 1.54) is 31.2 Å². The first-order valence-corrected chi connectivity index (χ1v) is 9.84. The Labute approximate surface area is 173 Å². The Morgan fingerprint density at radius 3 is 2.50 bits per heavy atom. The number of nitrogens with one attached hydrogen (secondary N) is 2. The van der Waals surface area contributed by atoms with Gasteiger partial charge in [0.05, 0.1) is 24.2 Å². The standard InChI is InChI=1S/C20H23BF3N4O2/c1-28-12-25-18(20(22,23)24)17(28)14-7-9-15(10-8-14)26-19(30)16(27-21-11-29)13-5-3-2-4-6-13/h7-13,16,27H,2-6H2,1H3,(H,26,30)/t16-/m0/s1. The number of rotatable bonds is 7. The number of halogens is 3. The average Bonchev–Trinajstić information content (AvgIpc) is 3.12. The molecule has 1 aromatic heterocycles. The largest absolute Gasteiger partial charge is 0.435 e. The first-order valence-electron chi connectivity index (χ1n) is 9.84. The van der Waals surface area contributed by atoms with Crippen molar-refractivity contribution in [3.63, 3.8) is 0 Å². The number of alkyl halides is 3. The lowest BCUT2D eigenvalue weighted by molar-refractivity contribution is -0.140. The third kappa shape index (κ3) is 5.10.